The zero-order valence-electron chi connectivity index (χ0n) is 17.8. The number of anilines is 1. The van der Waals surface area contributed by atoms with Crippen molar-refractivity contribution in [3.8, 4) is 17.3 Å². The van der Waals surface area contributed by atoms with Crippen LogP contribution in [-0.2, 0) is 9.84 Å². The molecule has 5 rings (SSSR count). The molecule has 4 aromatic rings. The number of furan rings is 1. The molecule has 0 spiro atoms. The molecule has 1 fully saturated rings. The summed E-state index contributed by atoms with van der Waals surface area (Å²) in [7, 11) is -3.01. The molecule has 1 aliphatic rings. The summed E-state index contributed by atoms with van der Waals surface area (Å²) in [5, 5.41) is 8.98. The van der Waals surface area contributed by atoms with Gasteiger partial charge in [-0.25, -0.2) is 17.9 Å². The summed E-state index contributed by atoms with van der Waals surface area (Å²) < 4.78 is 36.1. The van der Waals surface area contributed by atoms with Gasteiger partial charge in [-0.3, -0.25) is 0 Å². The molecule has 0 atom stereocenters. The van der Waals surface area contributed by atoms with Crippen molar-refractivity contribution in [3.63, 3.8) is 0 Å². The van der Waals surface area contributed by atoms with E-state index in [-0.39, 0.29) is 12.4 Å². The Morgan fingerprint density at radius 1 is 1.19 bits per heavy atom. The van der Waals surface area contributed by atoms with Crippen LogP contribution in [0.2, 0.25) is 0 Å². The third kappa shape index (κ3) is 4.28. The summed E-state index contributed by atoms with van der Waals surface area (Å²) in [5.41, 5.74) is 3.38. The first kappa shape index (κ1) is 20.8. The first-order valence-electron chi connectivity index (χ1n) is 10.6. The monoisotopic (exact) mass is 455 g/mol. The standard InChI is InChI=1S/C22H25N5O4S/c1-32(28,29)13-3-12-30-22-7-6-21-24-15-18(27(21)25-22)20-14-16-17(4-2-5-19(16)31-20)26-10-8-23-9-11-26/h2,4-7,14-15,23H,3,8-13H2,1H3. The average Bonchev–Trinajstić information content (AvgIpc) is 3.40. The van der Waals surface area contributed by atoms with Crippen LogP contribution >= 0.6 is 0 Å². The molecule has 0 amide bonds. The maximum Gasteiger partial charge on any atom is 0.231 e. The van der Waals surface area contributed by atoms with E-state index in [9.17, 15) is 8.42 Å². The molecule has 0 saturated carbocycles. The lowest BCUT2D eigenvalue weighted by molar-refractivity contribution is 0.301. The number of ether oxygens (including phenoxy) is 1. The number of aromatic nitrogens is 3. The fourth-order valence-corrected chi connectivity index (χ4v) is 4.59. The van der Waals surface area contributed by atoms with Crippen LogP contribution in [0.1, 0.15) is 6.42 Å². The minimum absolute atomic E-state index is 0.0833. The highest BCUT2D eigenvalue weighted by Gasteiger charge is 2.18. The summed E-state index contributed by atoms with van der Waals surface area (Å²) >= 11 is 0. The van der Waals surface area contributed by atoms with Gasteiger partial charge in [-0.2, -0.15) is 0 Å². The number of hydrogen-bond donors (Lipinski definition) is 1. The Kier molecular flexibility index (Phi) is 5.48. The van der Waals surface area contributed by atoms with E-state index in [2.05, 4.69) is 26.4 Å². The second-order valence-corrected chi connectivity index (χ2v) is 10.2. The molecule has 168 valence electrons. The predicted octanol–water partition coefficient (Wildman–Crippen LogP) is 2.37. The van der Waals surface area contributed by atoms with Crippen molar-refractivity contribution >= 4 is 32.1 Å². The van der Waals surface area contributed by atoms with Crippen molar-refractivity contribution in [2.24, 2.45) is 0 Å². The topological polar surface area (TPSA) is 102 Å². The Balaban J connectivity index is 1.44. The molecule has 0 bridgehead atoms. The van der Waals surface area contributed by atoms with Crippen molar-refractivity contribution in [1.29, 1.82) is 0 Å². The van der Waals surface area contributed by atoms with Crippen LogP contribution in [0.5, 0.6) is 5.88 Å². The minimum atomic E-state index is -3.01. The molecule has 3 aromatic heterocycles. The van der Waals surface area contributed by atoms with E-state index < -0.39 is 9.84 Å². The molecular weight excluding hydrogens is 430 g/mol. The number of imidazole rings is 1. The van der Waals surface area contributed by atoms with Gasteiger partial charge in [-0.15, -0.1) is 5.10 Å². The van der Waals surface area contributed by atoms with Crippen molar-refractivity contribution < 1.29 is 17.6 Å². The summed E-state index contributed by atoms with van der Waals surface area (Å²) in [6.45, 7) is 4.11. The second-order valence-electron chi connectivity index (χ2n) is 7.95. The van der Waals surface area contributed by atoms with Crippen molar-refractivity contribution in [2.45, 2.75) is 6.42 Å². The number of rotatable bonds is 7. The van der Waals surface area contributed by atoms with Crippen LogP contribution in [0.3, 0.4) is 0 Å². The Labute approximate surface area is 185 Å². The second kappa shape index (κ2) is 8.44. The Morgan fingerprint density at radius 3 is 2.84 bits per heavy atom. The predicted molar refractivity (Wildman–Crippen MR) is 123 cm³/mol. The zero-order valence-corrected chi connectivity index (χ0v) is 18.6. The number of hydrogen-bond acceptors (Lipinski definition) is 8. The maximum atomic E-state index is 11.3. The highest BCUT2D eigenvalue weighted by Crippen LogP contribution is 2.34. The van der Waals surface area contributed by atoms with Gasteiger partial charge in [0.15, 0.2) is 11.4 Å². The molecule has 9 nitrogen and oxygen atoms in total. The van der Waals surface area contributed by atoms with Crippen LogP contribution in [0.25, 0.3) is 28.1 Å². The lowest BCUT2D eigenvalue weighted by atomic mass is 10.1. The molecule has 0 unspecified atom stereocenters. The summed E-state index contributed by atoms with van der Waals surface area (Å²) in [6.07, 6.45) is 3.36. The largest absolute Gasteiger partial charge is 0.477 e. The van der Waals surface area contributed by atoms with Gasteiger partial charge in [-0.1, -0.05) is 6.07 Å². The summed E-state index contributed by atoms with van der Waals surface area (Å²) in [6, 6.07) is 11.7. The third-order valence-electron chi connectivity index (χ3n) is 5.50. The normalized spacial score (nSPS) is 15.0. The van der Waals surface area contributed by atoms with Crippen LogP contribution in [-0.4, -0.2) is 67.8 Å². The van der Waals surface area contributed by atoms with E-state index in [1.807, 2.05) is 24.3 Å². The van der Waals surface area contributed by atoms with Crippen LogP contribution < -0.4 is 15.0 Å². The van der Waals surface area contributed by atoms with Gasteiger partial charge in [0.25, 0.3) is 0 Å². The highest BCUT2D eigenvalue weighted by atomic mass is 32.2. The van der Waals surface area contributed by atoms with Gasteiger partial charge in [-0.05, 0) is 30.7 Å². The van der Waals surface area contributed by atoms with Gasteiger partial charge < -0.3 is 19.4 Å². The smallest absolute Gasteiger partial charge is 0.231 e. The molecule has 1 saturated heterocycles. The molecule has 0 radical (unpaired) electrons. The number of nitrogens with zero attached hydrogens (tertiary/aromatic N) is 4. The average molecular weight is 456 g/mol. The molecule has 1 aliphatic heterocycles. The number of nitrogens with one attached hydrogen (secondary N) is 1. The number of piperazine rings is 1. The van der Waals surface area contributed by atoms with Crippen molar-refractivity contribution in [3.05, 3.63) is 42.6 Å². The molecule has 10 heteroatoms. The van der Waals surface area contributed by atoms with E-state index in [4.69, 9.17) is 9.15 Å². The number of benzene rings is 1. The highest BCUT2D eigenvalue weighted by molar-refractivity contribution is 7.90. The molecule has 32 heavy (non-hydrogen) atoms. The molecule has 1 N–H and O–H groups in total. The van der Waals surface area contributed by atoms with Gasteiger partial charge >= 0.3 is 0 Å². The van der Waals surface area contributed by atoms with E-state index in [0.29, 0.717) is 23.7 Å². The van der Waals surface area contributed by atoms with Gasteiger partial charge in [0.05, 0.1) is 18.6 Å². The van der Waals surface area contributed by atoms with E-state index >= 15 is 0 Å². The third-order valence-corrected chi connectivity index (χ3v) is 6.53. The quantitative estimate of drug-likeness (QED) is 0.424. The van der Waals surface area contributed by atoms with Crippen LogP contribution in [0.4, 0.5) is 5.69 Å². The Bertz CT molecular complexity index is 1360. The Hall–Kier alpha value is -3.11. The summed E-state index contributed by atoms with van der Waals surface area (Å²) in [5.74, 6) is 1.17. The fraction of sp³-hybridized carbons (Fsp3) is 0.364. The van der Waals surface area contributed by atoms with Crippen molar-refractivity contribution in [1.82, 2.24) is 19.9 Å². The van der Waals surface area contributed by atoms with Gasteiger partial charge in [0.1, 0.15) is 21.1 Å². The number of sulfone groups is 1. The molecule has 1 aromatic carbocycles. The fourth-order valence-electron chi connectivity index (χ4n) is 3.95. The van der Waals surface area contributed by atoms with E-state index in [0.717, 1.165) is 48.5 Å². The van der Waals surface area contributed by atoms with E-state index in [1.165, 1.54) is 6.26 Å². The molecule has 4 heterocycles. The Morgan fingerprint density at radius 2 is 2.03 bits per heavy atom. The van der Waals surface area contributed by atoms with Crippen molar-refractivity contribution in [2.75, 3.05) is 49.7 Å². The maximum absolute atomic E-state index is 11.3. The number of fused-ring (bicyclic) bond motifs is 2. The van der Waals surface area contributed by atoms with Gasteiger partial charge in [0.2, 0.25) is 5.88 Å². The van der Waals surface area contributed by atoms with E-state index in [1.54, 1.807) is 16.8 Å². The van der Waals surface area contributed by atoms with Gasteiger partial charge in [0, 0.05) is 49.6 Å². The first-order chi connectivity index (χ1) is 15.5. The first-order valence-corrected chi connectivity index (χ1v) is 12.7. The molecular formula is C22H25N5O4S. The zero-order chi connectivity index (χ0) is 22.1. The molecule has 0 aliphatic carbocycles. The minimum Gasteiger partial charge on any atom is -0.477 e. The van der Waals surface area contributed by atoms with Crippen LogP contribution in [0.15, 0.2) is 47.0 Å². The van der Waals surface area contributed by atoms with Crippen LogP contribution in [0, 0.1) is 0 Å². The lowest BCUT2D eigenvalue weighted by Crippen LogP contribution is -2.43. The summed E-state index contributed by atoms with van der Waals surface area (Å²) in [4.78, 5) is 6.80. The lowest BCUT2D eigenvalue weighted by Gasteiger charge is -2.29. The SMILES string of the molecule is CS(=O)(=O)CCCOc1ccc2ncc(-c3cc4c(N5CCNCC5)cccc4o3)n2n1.